The van der Waals surface area contributed by atoms with Crippen LogP contribution < -0.4 is 9.47 Å². The van der Waals surface area contributed by atoms with Crippen molar-refractivity contribution in [3.63, 3.8) is 0 Å². The zero-order valence-electron chi connectivity index (χ0n) is 18.2. The molecule has 0 bridgehead atoms. The number of ether oxygens (including phenoxy) is 2. The third-order valence-electron chi connectivity index (χ3n) is 4.86. The number of unbranched alkanes of at least 4 members (excludes halogenated alkanes) is 7. The molecule has 0 aromatic heterocycles. The van der Waals surface area contributed by atoms with Crippen molar-refractivity contribution in [2.24, 2.45) is 4.99 Å². The molecule has 2 aromatic carbocycles. The summed E-state index contributed by atoms with van der Waals surface area (Å²) in [5.74, 6) is 1.84. The molecule has 0 amide bonds. The van der Waals surface area contributed by atoms with Gasteiger partial charge in [-0.2, -0.15) is 0 Å². The highest BCUT2D eigenvalue weighted by molar-refractivity contribution is 5.82. The van der Waals surface area contributed by atoms with Gasteiger partial charge in [0.05, 0.1) is 18.9 Å². The van der Waals surface area contributed by atoms with Crippen LogP contribution in [0.25, 0.3) is 0 Å². The normalized spacial score (nSPS) is 11.1. The Hall–Kier alpha value is -2.29. The van der Waals surface area contributed by atoms with Crippen LogP contribution >= 0.6 is 0 Å². The second-order valence-corrected chi connectivity index (χ2v) is 7.49. The highest BCUT2D eigenvalue weighted by Crippen LogP contribution is 2.19. The molecule has 0 spiro atoms. The molecule has 3 heteroatoms. The summed E-state index contributed by atoms with van der Waals surface area (Å²) in [5.41, 5.74) is 1.99. The van der Waals surface area contributed by atoms with Gasteiger partial charge in [0.1, 0.15) is 11.5 Å². The first kappa shape index (κ1) is 23.0. The summed E-state index contributed by atoms with van der Waals surface area (Å²) in [6, 6.07) is 16.1. The van der Waals surface area contributed by atoms with Crippen LogP contribution in [0.3, 0.4) is 0 Å². The van der Waals surface area contributed by atoms with Crippen LogP contribution in [0.1, 0.15) is 77.2 Å². The molecule has 0 heterocycles. The molecule has 0 aliphatic rings. The van der Waals surface area contributed by atoms with Crippen molar-refractivity contribution in [3.8, 4) is 11.5 Å². The lowest BCUT2D eigenvalue weighted by Crippen LogP contribution is -1.97. The van der Waals surface area contributed by atoms with E-state index in [4.69, 9.17) is 9.47 Å². The molecule has 0 atom stereocenters. The molecular formula is C26H37NO2. The van der Waals surface area contributed by atoms with Crippen LogP contribution in [0.15, 0.2) is 53.5 Å². The molecule has 2 rings (SSSR count). The fraction of sp³-hybridized carbons (Fsp3) is 0.500. The van der Waals surface area contributed by atoms with Gasteiger partial charge < -0.3 is 9.47 Å². The van der Waals surface area contributed by atoms with E-state index in [-0.39, 0.29) is 0 Å². The van der Waals surface area contributed by atoms with Gasteiger partial charge in [-0.15, -0.1) is 0 Å². The largest absolute Gasteiger partial charge is 0.494 e. The molecule has 0 saturated heterocycles. The standard InChI is InChI=1S/C26H37NO2/c1-3-5-7-8-9-11-21-29-26-18-14-24(15-19-26)27-22-23-12-16-25(17-13-23)28-20-10-6-4-2/h12-19,22H,3-11,20-21H2,1-2H3. The monoisotopic (exact) mass is 395 g/mol. The highest BCUT2D eigenvalue weighted by Gasteiger charge is 1.97. The Morgan fingerprint density at radius 2 is 1.10 bits per heavy atom. The minimum Gasteiger partial charge on any atom is -0.494 e. The number of hydrogen-bond donors (Lipinski definition) is 0. The molecular weight excluding hydrogens is 358 g/mol. The zero-order chi connectivity index (χ0) is 20.6. The van der Waals surface area contributed by atoms with Crippen molar-refractivity contribution in [3.05, 3.63) is 54.1 Å². The van der Waals surface area contributed by atoms with Crippen molar-refractivity contribution in [1.29, 1.82) is 0 Å². The van der Waals surface area contributed by atoms with Gasteiger partial charge in [0.2, 0.25) is 0 Å². The Bertz CT molecular complexity index is 677. The van der Waals surface area contributed by atoms with Gasteiger partial charge in [-0.3, -0.25) is 4.99 Å². The zero-order valence-corrected chi connectivity index (χ0v) is 18.2. The average Bonchev–Trinajstić information content (AvgIpc) is 2.76. The van der Waals surface area contributed by atoms with E-state index in [2.05, 4.69) is 18.8 Å². The van der Waals surface area contributed by atoms with Crippen LogP contribution in [-0.4, -0.2) is 19.4 Å². The van der Waals surface area contributed by atoms with Crippen molar-refractivity contribution in [2.45, 2.75) is 71.6 Å². The van der Waals surface area contributed by atoms with E-state index in [0.29, 0.717) is 0 Å². The molecule has 0 unspecified atom stereocenters. The molecule has 3 nitrogen and oxygen atoms in total. The fourth-order valence-corrected chi connectivity index (χ4v) is 3.04. The van der Waals surface area contributed by atoms with Gasteiger partial charge in [0.25, 0.3) is 0 Å². The molecule has 158 valence electrons. The molecule has 0 saturated carbocycles. The molecule has 0 aliphatic heterocycles. The Kier molecular flexibility index (Phi) is 11.6. The van der Waals surface area contributed by atoms with Crippen LogP contribution in [0.5, 0.6) is 11.5 Å². The number of hydrogen-bond acceptors (Lipinski definition) is 3. The van der Waals surface area contributed by atoms with Gasteiger partial charge in [-0.25, -0.2) is 0 Å². The van der Waals surface area contributed by atoms with Crippen LogP contribution in [0.2, 0.25) is 0 Å². The Balaban J connectivity index is 1.69. The van der Waals surface area contributed by atoms with Crippen molar-refractivity contribution in [2.75, 3.05) is 13.2 Å². The van der Waals surface area contributed by atoms with Gasteiger partial charge in [-0.1, -0.05) is 58.8 Å². The Morgan fingerprint density at radius 3 is 1.72 bits per heavy atom. The summed E-state index contributed by atoms with van der Waals surface area (Å²) < 4.78 is 11.6. The van der Waals surface area contributed by atoms with E-state index < -0.39 is 0 Å². The Labute approximate surface area is 177 Å². The molecule has 0 aliphatic carbocycles. The van der Waals surface area contributed by atoms with Crippen molar-refractivity contribution in [1.82, 2.24) is 0 Å². The minimum absolute atomic E-state index is 0.786. The number of rotatable bonds is 15. The lowest BCUT2D eigenvalue weighted by molar-refractivity contribution is 0.304. The van der Waals surface area contributed by atoms with Gasteiger partial charge in [-0.05, 0) is 66.9 Å². The lowest BCUT2D eigenvalue weighted by Gasteiger charge is -2.06. The quantitative estimate of drug-likeness (QED) is 0.228. The maximum Gasteiger partial charge on any atom is 0.119 e. The predicted molar refractivity (Wildman–Crippen MR) is 124 cm³/mol. The van der Waals surface area contributed by atoms with Crippen LogP contribution in [-0.2, 0) is 0 Å². The van der Waals surface area contributed by atoms with Gasteiger partial charge in [0.15, 0.2) is 0 Å². The van der Waals surface area contributed by atoms with E-state index in [9.17, 15) is 0 Å². The van der Waals surface area contributed by atoms with Gasteiger partial charge >= 0.3 is 0 Å². The number of aliphatic imine (C=N–C) groups is 1. The lowest BCUT2D eigenvalue weighted by atomic mass is 10.1. The molecule has 0 radical (unpaired) electrons. The summed E-state index contributed by atoms with van der Waals surface area (Å²) in [4.78, 5) is 4.55. The van der Waals surface area contributed by atoms with E-state index in [0.717, 1.165) is 48.8 Å². The van der Waals surface area contributed by atoms with Crippen LogP contribution in [0, 0.1) is 0 Å². The summed E-state index contributed by atoms with van der Waals surface area (Å²) in [6.45, 7) is 6.03. The predicted octanol–water partition coefficient (Wildman–Crippen LogP) is 7.75. The van der Waals surface area contributed by atoms with E-state index in [1.54, 1.807) is 0 Å². The maximum atomic E-state index is 5.83. The van der Waals surface area contributed by atoms with E-state index >= 15 is 0 Å². The first-order valence-electron chi connectivity index (χ1n) is 11.3. The number of nitrogens with zero attached hydrogens (tertiary/aromatic N) is 1. The van der Waals surface area contributed by atoms with E-state index in [1.807, 2.05) is 54.7 Å². The van der Waals surface area contributed by atoms with E-state index in [1.165, 1.54) is 44.9 Å². The number of benzene rings is 2. The van der Waals surface area contributed by atoms with Gasteiger partial charge in [0, 0.05) is 6.21 Å². The second kappa shape index (κ2) is 14.7. The maximum absolute atomic E-state index is 5.83. The fourth-order valence-electron chi connectivity index (χ4n) is 3.04. The molecule has 0 fully saturated rings. The summed E-state index contributed by atoms with van der Waals surface area (Å²) in [5, 5.41) is 0. The molecule has 0 N–H and O–H groups in total. The first-order valence-corrected chi connectivity index (χ1v) is 11.3. The summed E-state index contributed by atoms with van der Waals surface area (Å²) in [6.07, 6.45) is 13.1. The Morgan fingerprint density at radius 1 is 0.621 bits per heavy atom. The third-order valence-corrected chi connectivity index (χ3v) is 4.86. The summed E-state index contributed by atoms with van der Waals surface area (Å²) in [7, 11) is 0. The third kappa shape index (κ3) is 10.2. The van der Waals surface area contributed by atoms with Crippen molar-refractivity contribution < 1.29 is 9.47 Å². The van der Waals surface area contributed by atoms with Crippen molar-refractivity contribution >= 4 is 11.9 Å². The first-order chi connectivity index (χ1) is 14.3. The molecule has 29 heavy (non-hydrogen) atoms. The smallest absolute Gasteiger partial charge is 0.119 e. The summed E-state index contributed by atoms with van der Waals surface area (Å²) >= 11 is 0. The second-order valence-electron chi connectivity index (χ2n) is 7.49. The minimum atomic E-state index is 0.786. The topological polar surface area (TPSA) is 30.8 Å². The highest BCUT2D eigenvalue weighted by atomic mass is 16.5. The van der Waals surface area contributed by atoms with Crippen LogP contribution in [0.4, 0.5) is 5.69 Å². The molecule has 2 aromatic rings. The average molecular weight is 396 g/mol. The SMILES string of the molecule is CCCCCCCCOc1ccc(N=Cc2ccc(OCCCCC)cc2)cc1.